The monoisotopic (exact) mass is 901 g/mol. The van der Waals surface area contributed by atoms with Crippen LogP contribution in [0.1, 0.15) is 310 Å². The molecule has 64 heavy (non-hydrogen) atoms. The van der Waals surface area contributed by atoms with Crippen LogP contribution in [-0.4, -0.2) is 37.2 Å². The molecule has 0 saturated carbocycles. The maximum Gasteiger partial charge on any atom is 0.306 e. The molecule has 0 aliphatic carbocycles. The minimum absolute atomic E-state index is 0.0767. The number of esters is 3. The van der Waals surface area contributed by atoms with E-state index in [1.165, 1.54) is 199 Å². The van der Waals surface area contributed by atoms with Crippen LogP contribution in [0.2, 0.25) is 0 Å². The minimum Gasteiger partial charge on any atom is -0.462 e. The predicted molar refractivity (Wildman–Crippen MR) is 275 cm³/mol. The van der Waals surface area contributed by atoms with Gasteiger partial charge < -0.3 is 14.2 Å². The van der Waals surface area contributed by atoms with Crippen LogP contribution in [0.3, 0.4) is 0 Å². The number of unbranched alkanes of at least 4 members (excludes halogenated alkanes) is 38. The Balaban J connectivity index is 4.31. The van der Waals surface area contributed by atoms with Crippen molar-refractivity contribution in [3.8, 4) is 0 Å². The summed E-state index contributed by atoms with van der Waals surface area (Å²) in [6.07, 6.45) is 61.7. The molecule has 1 unspecified atom stereocenters. The first-order chi connectivity index (χ1) is 31.5. The molecular formula is C58H108O6. The van der Waals surface area contributed by atoms with E-state index >= 15 is 0 Å². The highest BCUT2D eigenvalue weighted by molar-refractivity contribution is 5.71. The van der Waals surface area contributed by atoms with Crippen molar-refractivity contribution >= 4 is 17.9 Å². The fourth-order valence-electron chi connectivity index (χ4n) is 8.44. The van der Waals surface area contributed by atoms with E-state index < -0.39 is 6.10 Å². The van der Waals surface area contributed by atoms with Crippen molar-refractivity contribution in [2.24, 2.45) is 0 Å². The highest BCUT2D eigenvalue weighted by Crippen LogP contribution is 2.17. The second-order valence-electron chi connectivity index (χ2n) is 19.2. The number of rotatable bonds is 52. The van der Waals surface area contributed by atoms with Crippen LogP contribution in [0.5, 0.6) is 0 Å². The maximum atomic E-state index is 12.8. The molecule has 0 aromatic carbocycles. The summed E-state index contributed by atoms with van der Waals surface area (Å²) in [4.78, 5) is 38.0. The number of carbonyl (C=O) groups is 3. The third-order valence-electron chi connectivity index (χ3n) is 12.7. The zero-order valence-corrected chi connectivity index (χ0v) is 43.1. The van der Waals surface area contributed by atoms with E-state index in [1.54, 1.807) is 0 Å². The number of hydrogen-bond donors (Lipinski definition) is 0. The summed E-state index contributed by atoms with van der Waals surface area (Å²) in [5.41, 5.74) is 0. The van der Waals surface area contributed by atoms with Crippen molar-refractivity contribution in [3.05, 3.63) is 24.3 Å². The highest BCUT2D eigenvalue weighted by atomic mass is 16.6. The van der Waals surface area contributed by atoms with Crippen LogP contribution < -0.4 is 0 Å². The van der Waals surface area contributed by atoms with Crippen molar-refractivity contribution in [1.82, 2.24) is 0 Å². The van der Waals surface area contributed by atoms with E-state index in [0.717, 1.165) is 70.6 Å². The molecule has 0 saturated heterocycles. The Bertz CT molecular complexity index is 1040. The summed E-state index contributed by atoms with van der Waals surface area (Å²) in [7, 11) is 0. The number of carbonyl (C=O) groups excluding carboxylic acids is 3. The van der Waals surface area contributed by atoms with Crippen molar-refractivity contribution in [1.29, 1.82) is 0 Å². The quantitative estimate of drug-likeness (QED) is 0.0262. The SMILES string of the molecule is CCCCCCCCC/C=C\C=C/CCCCCC(=O)OC(COC(=O)CCCCCCCCCCCCC)COC(=O)CCCCCCCCCCCCCCCCCCCCC. The average molecular weight is 901 g/mol. The number of hydrogen-bond acceptors (Lipinski definition) is 6. The topological polar surface area (TPSA) is 78.9 Å². The summed E-state index contributed by atoms with van der Waals surface area (Å²) in [6, 6.07) is 0. The largest absolute Gasteiger partial charge is 0.462 e. The van der Waals surface area contributed by atoms with Crippen LogP contribution in [-0.2, 0) is 28.6 Å². The van der Waals surface area contributed by atoms with Gasteiger partial charge in [0.2, 0.25) is 0 Å². The van der Waals surface area contributed by atoms with Gasteiger partial charge >= 0.3 is 17.9 Å². The third kappa shape index (κ3) is 50.9. The lowest BCUT2D eigenvalue weighted by atomic mass is 10.0. The number of allylic oxidation sites excluding steroid dienone is 4. The van der Waals surface area contributed by atoms with Gasteiger partial charge in [0.05, 0.1) is 0 Å². The van der Waals surface area contributed by atoms with Gasteiger partial charge in [-0.1, -0.05) is 270 Å². The zero-order chi connectivity index (χ0) is 46.5. The molecule has 0 amide bonds. The van der Waals surface area contributed by atoms with Gasteiger partial charge in [-0.2, -0.15) is 0 Å². The summed E-state index contributed by atoms with van der Waals surface area (Å²) in [5.74, 6) is -0.885. The molecule has 376 valence electrons. The van der Waals surface area contributed by atoms with Gasteiger partial charge in [0, 0.05) is 19.3 Å². The third-order valence-corrected chi connectivity index (χ3v) is 12.7. The molecule has 0 N–H and O–H groups in total. The molecule has 6 nitrogen and oxygen atoms in total. The summed E-state index contributed by atoms with van der Waals surface area (Å²) in [5, 5.41) is 0. The van der Waals surface area contributed by atoms with E-state index in [2.05, 4.69) is 45.1 Å². The normalized spacial score (nSPS) is 12.1. The zero-order valence-electron chi connectivity index (χ0n) is 43.1. The van der Waals surface area contributed by atoms with Gasteiger partial charge in [0.1, 0.15) is 13.2 Å². The molecule has 0 aliphatic rings. The van der Waals surface area contributed by atoms with E-state index in [-0.39, 0.29) is 31.1 Å². The summed E-state index contributed by atoms with van der Waals surface area (Å²) < 4.78 is 16.8. The van der Waals surface area contributed by atoms with Gasteiger partial charge in [-0.15, -0.1) is 0 Å². The second kappa shape index (κ2) is 53.5. The lowest BCUT2D eigenvalue weighted by molar-refractivity contribution is -0.167. The number of ether oxygens (including phenoxy) is 3. The Morgan fingerprint density at radius 3 is 0.844 bits per heavy atom. The van der Waals surface area contributed by atoms with Gasteiger partial charge in [0.15, 0.2) is 6.10 Å². The maximum absolute atomic E-state index is 12.8. The molecule has 0 spiro atoms. The first-order valence-corrected chi connectivity index (χ1v) is 28.4. The van der Waals surface area contributed by atoms with Crippen LogP contribution in [0.4, 0.5) is 0 Å². The Morgan fingerprint density at radius 1 is 0.312 bits per heavy atom. The van der Waals surface area contributed by atoms with Crippen LogP contribution >= 0.6 is 0 Å². The van der Waals surface area contributed by atoms with E-state index in [4.69, 9.17) is 14.2 Å². The van der Waals surface area contributed by atoms with Crippen molar-refractivity contribution in [3.63, 3.8) is 0 Å². The molecule has 1 atom stereocenters. The van der Waals surface area contributed by atoms with Gasteiger partial charge in [-0.05, 0) is 44.9 Å². The first-order valence-electron chi connectivity index (χ1n) is 28.4. The smallest absolute Gasteiger partial charge is 0.306 e. The van der Waals surface area contributed by atoms with Gasteiger partial charge in [0.25, 0.3) is 0 Å². The summed E-state index contributed by atoms with van der Waals surface area (Å²) >= 11 is 0. The highest BCUT2D eigenvalue weighted by Gasteiger charge is 2.19. The molecule has 0 aromatic heterocycles. The molecule has 0 bridgehead atoms. The van der Waals surface area contributed by atoms with Crippen molar-refractivity contribution in [2.75, 3.05) is 13.2 Å². The van der Waals surface area contributed by atoms with Crippen molar-refractivity contribution in [2.45, 2.75) is 316 Å². The predicted octanol–water partition coefficient (Wildman–Crippen LogP) is 18.7. The second-order valence-corrected chi connectivity index (χ2v) is 19.2. The molecule has 0 aliphatic heterocycles. The molecule has 0 rings (SSSR count). The molecule has 0 fully saturated rings. The molecule has 0 heterocycles. The Labute approximate surface area is 398 Å². The van der Waals surface area contributed by atoms with Gasteiger partial charge in [-0.25, -0.2) is 0 Å². The molecular weight excluding hydrogens is 793 g/mol. The average Bonchev–Trinajstić information content (AvgIpc) is 3.29. The fraction of sp³-hybridized carbons (Fsp3) is 0.879. The van der Waals surface area contributed by atoms with E-state index in [9.17, 15) is 14.4 Å². The standard InChI is InChI=1S/C58H108O6/c1-4-7-10-13-16-19-22-24-26-28-29-30-32-33-36-39-42-45-48-51-57(60)63-54-55(53-62-56(59)50-47-44-41-38-35-21-18-15-12-9-6-3)64-58(61)52-49-46-43-40-37-34-31-27-25-23-20-17-14-11-8-5-2/h27,31,34,37,55H,4-26,28-30,32-33,35-36,38-54H2,1-3H3/b31-27-,37-34-. The minimum atomic E-state index is -0.779. The van der Waals surface area contributed by atoms with E-state index in [1.807, 2.05) is 0 Å². The Morgan fingerprint density at radius 2 is 0.547 bits per heavy atom. The fourth-order valence-corrected chi connectivity index (χ4v) is 8.44. The first kappa shape index (κ1) is 61.9. The van der Waals surface area contributed by atoms with E-state index in [0.29, 0.717) is 19.3 Å². The van der Waals surface area contributed by atoms with Crippen LogP contribution in [0.15, 0.2) is 24.3 Å². The lowest BCUT2D eigenvalue weighted by Gasteiger charge is -2.18. The lowest BCUT2D eigenvalue weighted by Crippen LogP contribution is -2.30. The van der Waals surface area contributed by atoms with Crippen LogP contribution in [0.25, 0.3) is 0 Å². The van der Waals surface area contributed by atoms with Gasteiger partial charge in [-0.3, -0.25) is 14.4 Å². The molecule has 6 heteroatoms. The van der Waals surface area contributed by atoms with Crippen molar-refractivity contribution < 1.29 is 28.6 Å². The molecule has 0 aromatic rings. The van der Waals surface area contributed by atoms with Crippen LogP contribution in [0, 0.1) is 0 Å². The Kier molecular flexibility index (Phi) is 51.7. The Hall–Kier alpha value is -2.11. The summed E-state index contributed by atoms with van der Waals surface area (Å²) in [6.45, 7) is 6.65. The molecule has 0 radical (unpaired) electrons.